The van der Waals surface area contributed by atoms with Crippen LogP contribution in [0.2, 0.25) is 0 Å². The number of hydrogen-bond donors (Lipinski definition) is 2. The summed E-state index contributed by atoms with van der Waals surface area (Å²) in [6.45, 7) is 4.45. The zero-order valence-corrected chi connectivity index (χ0v) is 13.8. The van der Waals surface area contributed by atoms with E-state index in [4.69, 9.17) is 5.11 Å². The molecule has 2 N–H and O–H groups in total. The molecule has 4 heteroatoms. The molecule has 0 aliphatic rings. The van der Waals surface area contributed by atoms with E-state index in [-0.39, 0.29) is 0 Å². The summed E-state index contributed by atoms with van der Waals surface area (Å²) in [4.78, 5) is 12.0. The van der Waals surface area contributed by atoms with Crippen LogP contribution in [0.1, 0.15) is 55.8 Å². The molecule has 0 heterocycles. The van der Waals surface area contributed by atoms with E-state index in [0.717, 1.165) is 30.2 Å². The summed E-state index contributed by atoms with van der Waals surface area (Å²) in [5, 5.41) is 12.6. The average molecular weight is 309 g/mol. The van der Waals surface area contributed by atoms with Crippen LogP contribution in [0.3, 0.4) is 0 Å². The molecular weight excluding hydrogens is 282 g/mol. The maximum Gasteiger partial charge on any atom is 0.336 e. The lowest BCUT2D eigenvalue weighted by atomic mass is 10.2. The maximum absolute atomic E-state index is 11.1. The second kappa shape index (κ2) is 11.6. The van der Waals surface area contributed by atoms with E-state index in [1.807, 2.05) is 12.1 Å². The highest BCUT2D eigenvalue weighted by Gasteiger charge is 2.08. The Morgan fingerprint density at radius 2 is 1.81 bits per heavy atom. The van der Waals surface area contributed by atoms with Crippen LogP contribution >= 0.6 is 11.8 Å². The van der Waals surface area contributed by atoms with Crippen molar-refractivity contribution in [2.75, 3.05) is 18.8 Å². The van der Waals surface area contributed by atoms with E-state index in [2.05, 4.69) is 12.2 Å². The molecule has 0 amide bonds. The number of carbonyl (C=O) groups is 1. The molecule has 1 aromatic carbocycles. The molecule has 0 bridgehead atoms. The predicted molar refractivity (Wildman–Crippen MR) is 90.4 cm³/mol. The van der Waals surface area contributed by atoms with Gasteiger partial charge in [-0.25, -0.2) is 4.79 Å². The van der Waals surface area contributed by atoms with Crippen molar-refractivity contribution in [3.05, 3.63) is 29.8 Å². The first-order chi connectivity index (χ1) is 10.3. The Bertz CT molecular complexity index is 410. The standard InChI is InChI=1S/C17H27NO2S/c1-2-3-7-12-18-13-8-4-9-14-21-16-11-6-5-10-15(16)17(19)20/h5-6,10-11,18H,2-4,7-9,12-14H2,1H3,(H,19,20). The number of carboxylic acid groups (broad SMARTS) is 1. The molecule has 1 aromatic rings. The number of rotatable bonds is 12. The second-order valence-corrected chi connectivity index (χ2v) is 6.30. The molecule has 0 saturated carbocycles. The van der Waals surface area contributed by atoms with Gasteiger partial charge in [0.1, 0.15) is 0 Å². The van der Waals surface area contributed by atoms with Crippen molar-refractivity contribution < 1.29 is 9.90 Å². The van der Waals surface area contributed by atoms with Gasteiger partial charge in [0.15, 0.2) is 0 Å². The van der Waals surface area contributed by atoms with Crippen molar-refractivity contribution >= 4 is 17.7 Å². The fraction of sp³-hybridized carbons (Fsp3) is 0.588. The Kier molecular flexibility index (Phi) is 10.0. The lowest BCUT2D eigenvalue weighted by Crippen LogP contribution is -2.16. The van der Waals surface area contributed by atoms with Crippen LogP contribution in [-0.2, 0) is 0 Å². The molecule has 0 spiro atoms. The maximum atomic E-state index is 11.1. The van der Waals surface area contributed by atoms with Crippen molar-refractivity contribution in [1.29, 1.82) is 0 Å². The van der Waals surface area contributed by atoms with Crippen LogP contribution in [0.5, 0.6) is 0 Å². The first-order valence-corrected chi connectivity index (χ1v) is 8.90. The number of benzene rings is 1. The molecule has 0 atom stereocenters. The summed E-state index contributed by atoms with van der Waals surface area (Å²) >= 11 is 1.65. The first kappa shape index (κ1) is 18.1. The second-order valence-electron chi connectivity index (χ2n) is 5.17. The zero-order valence-electron chi connectivity index (χ0n) is 12.9. The molecular formula is C17H27NO2S. The van der Waals surface area contributed by atoms with Gasteiger partial charge < -0.3 is 10.4 Å². The molecule has 21 heavy (non-hydrogen) atoms. The molecule has 3 nitrogen and oxygen atoms in total. The fourth-order valence-corrected chi connectivity index (χ4v) is 3.16. The third-order valence-corrected chi connectivity index (χ3v) is 4.49. The van der Waals surface area contributed by atoms with Gasteiger partial charge in [-0.3, -0.25) is 0 Å². The molecule has 0 radical (unpaired) electrons. The van der Waals surface area contributed by atoms with Gasteiger partial charge >= 0.3 is 5.97 Å². The van der Waals surface area contributed by atoms with E-state index in [0.29, 0.717) is 5.56 Å². The smallest absolute Gasteiger partial charge is 0.336 e. The quantitative estimate of drug-likeness (QED) is 0.443. The SMILES string of the molecule is CCCCCNCCCCCSc1ccccc1C(=O)O. The van der Waals surface area contributed by atoms with E-state index in [1.165, 1.54) is 32.1 Å². The normalized spacial score (nSPS) is 10.7. The van der Waals surface area contributed by atoms with Gasteiger partial charge in [-0.1, -0.05) is 38.3 Å². The van der Waals surface area contributed by atoms with Crippen LogP contribution in [0, 0.1) is 0 Å². The lowest BCUT2D eigenvalue weighted by Gasteiger charge is -2.06. The molecule has 0 aliphatic carbocycles. The molecule has 0 aromatic heterocycles. The van der Waals surface area contributed by atoms with Gasteiger partial charge in [-0.2, -0.15) is 0 Å². The minimum absolute atomic E-state index is 0.417. The Labute approximate surface area is 132 Å². The molecule has 1 rings (SSSR count). The number of unbranched alkanes of at least 4 members (excludes halogenated alkanes) is 4. The van der Waals surface area contributed by atoms with Crippen LogP contribution in [0.15, 0.2) is 29.2 Å². The Balaban J connectivity index is 2.06. The van der Waals surface area contributed by atoms with Gasteiger partial charge in [-0.15, -0.1) is 11.8 Å². The molecule has 0 unspecified atom stereocenters. The fourth-order valence-electron chi connectivity index (χ4n) is 2.11. The minimum Gasteiger partial charge on any atom is -0.478 e. The van der Waals surface area contributed by atoms with Gasteiger partial charge in [0.25, 0.3) is 0 Å². The van der Waals surface area contributed by atoms with Crippen molar-refractivity contribution in [2.45, 2.75) is 50.3 Å². The number of carboxylic acids is 1. The summed E-state index contributed by atoms with van der Waals surface area (Å²) in [5.74, 6) is 0.148. The minimum atomic E-state index is -0.839. The number of thioether (sulfide) groups is 1. The van der Waals surface area contributed by atoms with Gasteiger partial charge in [0, 0.05) is 4.90 Å². The third kappa shape index (κ3) is 8.12. The highest BCUT2D eigenvalue weighted by Crippen LogP contribution is 2.23. The molecule has 0 aliphatic heterocycles. The molecule has 0 fully saturated rings. The molecule has 0 saturated heterocycles. The van der Waals surface area contributed by atoms with Crippen LogP contribution in [0.25, 0.3) is 0 Å². The largest absolute Gasteiger partial charge is 0.478 e. The van der Waals surface area contributed by atoms with E-state index in [1.54, 1.807) is 23.9 Å². The topological polar surface area (TPSA) is 49.3 Å². The monoisotopic (exact) mass is 309 g/mol. The highest BCUT2D eigenvalue weighted by molar-refractivity contribution is 7.99. The summed E-state index contributed by atoms with van der Waals surface area (Å²) < 4.78 is 0. The third-order valence-electron chi connectivity index (χ3n) is 3.33. The Morgan fingerprint density at radius 1 is 1.10 bits per heavy atom. The molecule has 118 valence electrons. The first-order valence-electron chi connectivity index (χ1n) is 7.91. The van der Waals surface area contributed by atoms with Crippen molar-refractivity contribution in [1.82, 2.24) is 5.32 Å². The number of aromatic carboxylic acids is 1. The van der Waals surface area contributed by atoms with Gasteiger partial charge in [0.2, 0.25) is 0 Å². The van der Waals surface area contributed by atoms with E-state index < -0.39 is 5.97 Å². The zero-order chi connectivity index (χ0) is 15.3. The van der Waals surface area contributed by atoms with Crippen LogP contribution in [-0.4, -0.2) is 29.9 Å². The van der Waals surface area contributed by atoms with E-state index >= 15 is 0 Å². The summed E-state index contributed by atoms with van der Waals surface area (Å²) in [6.07, 6.45) is 7.40. The predicted octanol–water partition coefficient (Wildman–Crippen LogP) is 4.43. The van der Waals surface area contributed by atoms with Crippen molar-refractivity contribution in [3.8, 4) is 0 Å². The van der Waals surface area contributed by atoms with Crippen molar-refractivity contribution in [2.24, 2.45) is 0 Å². The van der Waals surface area contributed by atoms with Crippen LogP contribution < -0.4 is 5.32 Å². The summed E-state index contributed by atoms with van der Waals surface area (Å²) in [6, 6.07) is 7.24. The summed E-state index contributed by atoms with van der Waals surface area (Å²) in [5.41, 5.74) is 0.417. The Hall–Kier alpha value is -1.00. The number of hydrogen-bond acceptors (Lipinski definition) is 3. The van der Waals surface area contributed by atoms with Gasteiger partial charge in [-0.05, 0) is 50.2 Å². The Morgan fingerprint density at radius 3 is 2.52 bits per heavy atom. The summed E-state index contributed by atoms with van der Waals surface area (Å²) in [7, 11) is 0. The van der Waals surface area contributed by atoms with Crippen LogP contribution in [0.4, 0.5) is 0 Å². The van der Waals surface area contributed by atoms with Crippen molar-refractivity contribution in [3.63, 3.8) is 0 Å². The average Bonchev–Trinajstić information content (AvgIpc) is 2.49. The highest BCUT2D eigenvalue weighted by atomic mass is 32.2. The van der Waals surface area contributed by atoms with E-state index in [9.17, 15) is 4.79 Å². The van der Waals surface area contributed by atoms with Gasteiger partial charge in [0.05, 0.1) is 5.56 Å². The number of nitrogens with one attached hydrogen (secondary N) is 1. The lowest BCUT2D eigenvalue weighted by molar-refractivity contribution is 0.0693.